The SMILES string of the molecule is Cn1cc(Nc2nc(N)nc(-c3cccc(-n4ccc5cc(C6CC6)cc(F)c5c4=O)c3CO)n2)cn1.O=S(=O)(O)c1ccccc1. The van der Waals surface area contributed by atoms with Crippen molar-refractivity contribution in [1.29, 1.82) is 0 Å². The highest BCUT2D eigenvalue weighted by molar-refractivity contribution is 7.85. The predicted molar refractivity (Wildman–Crippen MR) is 173 cm³/mol. The molecule has 240 valence electrons. The molecule has 1 fully saturated rings. The number of aryl methyl sites for hydroxylation is 1. The highest BCUT2D eigenvalue weighted by atomic mass is 32.2. The summed E-state index contributed by atoms with van der Waals surface area (Å²) in [5.41, 5.74) is 8.25. The number of rotatable bonds is 7. The number of aliphatic hydroxyl groups is 1. The molecule has 5 N–H and O–H groups in total. The Kier molecular flexibility index (Phi) is 8.51. The number of anilines is 3. The summed E-state index contributed by atoms with van der Waals surface area (Å²) < 4.78 is 47.3. The fraction of sp³-hybridized carbons (Fsp3) is 0.156. The van der Waals surface area contributed by atoms with E-state index in [0.717, 1.165) is 18.4 Å². The topological polar surface area (TPSA) is 191 Å². The van der Waals surface area contributed by atoms with Gasteiger partial charge in [-0.25, -0.2) is 4.39 Å². The normalized spacial score (nSPS) is 12.9. The molecule has 0 bridgehead atoms. The first kappa shape index (κ1) is 31.5. The van der Waals surface area contributed by atoms with Gasteiger partial charge in [0.05, 0.1) is 34.5 Å². The first-order valence-corrected chi connectivity index (χ1v) is 15.8. The minimum absolute atomic E-state index is 0.00792. The van der Waals surface area contributed by atoms with Gasteiger partial charge in [-0.3, -0.25) is 18.6 Å². The second kappa shape index (κ2) is 12.7. The van der Waals surface area contributed by atoms with Crippen LogP contribution in [-0.2, 0) is 23.8 Å². The van der Waals surface area contributed by atoms with Gasteiger partial charge in [-0.2, -0.15) is 28.5 Å². The molecule has 0 saturated heterocycles. The fourth-order valence-electron chi connectivity index (χ4n) is 5.14. The molecule has 1 saturated carbocycles. The van der Waals surface area contributed by atoms with E-state index >= 15 is 4.39 Å². The quantitative estimate of drug-likeness (QED) is 0.179. The average Bonchev–Trinajstić information content (AvgIpc) is 3.82. The maximum absolute atomic E-state index is 15.1. The Bertz CT molecular complexity index is 2270. The van der Waals surface area contributed by atoms with Gasteiger partial charge in [-0.05, 0) is 60.0 Å². The fourth-order valence-corrected chi connectivity index (χ4v) is 5.64. The van der Waals surface area contributed by atoms with Crippen LogP contribution >= 0.6 is 0 Å². The lowest BCUT2D eigenvalue weighted by Crippen LogP contribution is -2.20. The molecule has 47 heavy (non-hydrogen) atoms. The van der Waals surface area contributed by atoms with E-state index in [0.29, 0.717) is 33.8 Å². The summed E-state index contributed by atoms with van der Waals surface area (Å²) in [5.74, 6) is 0.198. The lowest BCUT2D eigenvalue weighted by Gasteiger charge is -2.16. The molecule has 15 heteroatoms. The number of halogens is 1. The third-order valence-corrected chi connectivity index (χ3v) is 8.36. The number of fused-ring (bicyclic) bond motifs is 1. The second-order valence-corrected chi connectivity index (χ2v) is 12.3. The van der Waals surface area contributed by atoms with E-state index in [-0.39, 0.29) is 28.0 Å². The van der Waals surface area contributed by atoms with Crippen LogP contribution in [0.25, 0.3) is 27.8 Å². The van der Waals surface area contributed by atoms with Gasteiger partial charge in [0.2, 0.25) is 11.9 Å². The van der Waals surface area contributed by atoms with Gasteiger partial charge in [0.1, 0.15) is 5.82 Å². The molecule has 0 amide bonds. The third kappa shape index (κ3) is 6.86. The maximum atomic E-state index is 15.1. The van der Waals surface area contributed by atoms with Crippen LogP contribution in [-0.4, -0.2) is 47.4 Å². The number of nitrogens with one attached hydrogen (secondary N) is 1. The van der Waals surface area contributed by atoms with Crippen LogP contribution in [0.15, 0.2) is 95.0 Å². The first-order chi connectivity index (χ1) is 22.5. The number of nitrogens with two attached hydrogens (primary N) is 1. The summed E-state index contributed by atoms with van der Waals surface area (Å²) in [7, 11) is -2.22. The number of aromatic nitrogens is 6. The summed E-state index contributed by atoms with van der Waals surface area (Å²) in [6.07, 6.45) is 7.03. The standard InChI is InChI=1S/C26H23FN8O2.C6H6O3S/c1-34-12-17(11-29-34)30-26-32-23(31-25(28)33-26)18-3-2-4-21(19(18)13-36)35-8-7-15-9-16(14-5-6-14)10-20(27)22(15)24(35)37;7-10(8,9)6-4-2-1-3-5-6/h2-4,7-12,14,36H,5-6,13H2,1H3,(H3,28,30,31,32,33);1-5H,(H,7,8,9). The van der Waals surface area contributed by atoms with Gasteiger partial charge in [0, 0.05) is 30.6 Å². The molecule has 1 aliphatic rings. The van der Waals surface area contributed by atoms with Crippen molar-refractivity contribution in [2.75, 3.05) is 11.1 Å². The van der Waals surface area contributed by atoms with E-state index in [4.69, 9.17) is 10.3 Å². The smallest absolute Gasteiger partial charge is 0.294 e. The molecular formula is C32H29FN8O5S. The zero-order valence-electron chi connectivity index (χ0n) is 24.9. The Morgan fingerprint density at radius 2 is 1.81 bits per heavy atom. The van der Waals surface area contributed by atoms with Crippen molar-refractivity contribution in [3.8, 4) is 17.1 Å². The number of benzene rings is 3. The Labute approximate surface area is 268 Å². The highest BCUT2D eigenvalue weighted by Gasteiger charge is 2.25. The molecule has 1 aliphatic carbocycles. The van der Waals surface area contributed by atoms with E-state index in [2.05, 4.69) is 25.4 Å². The van der Waals surface area contributed by atoms with E-state index in [1.165, 1.54) is 22.8 Å². The van der Waals surface area contributed by atoms with Crippen molar-refractivity contribution < 1.29 is 22.5 Å². The number of hydrogen-bond donors (Lipinski definition) is 4. The van der Waals surface area contributed by atoms with Crippen LogP contribution < -0.4 is 16.6 Å². The van der Waals surface area contributed by atoms with Crippen molar-refractivity contribution >= 4 is 38.5 Å². The van der Waals surface area contributed by atoms with Crippen LogP contribution in [0.2, 0.25) is 0 Å². The van der Waals surface area contributed by atoms with Gasteiger partial charge < -0.3 is 16.2 Å². The van der Waals surface area contributed by atoms with Gasteiger partial charge in [-0.1, -0.05) is 36.4 Å². The summed E-state index contributed by atoms with van der Waals surface area (Å²) in [6.45, 7) is -0.421. The number of hydrogen-bond acceptors (Lipinski definition) is 10. The largest absolute Gasteiger partial charge is 0.392 e. The minimum atomic E-state index is -4.00. The molecule has 0 spiro atoms. The summed E-state index contributed by atoms with van der Waals surface area (Å²) in [4.78, 5) is 26.2. The van der Waals surface area contributed by atoms with Crippen LogP contribution in [0.1, 0.15) is 29.9 Å². The van der Waals surface area contributed by atoms with Gasteiger partial charge in [-0.15, -0.1) is 0 Å². The van der Waals surface area contributed by atoms with Crippen molar-refractivity contribution in [2.45, 2.75) is 30.3 Å². The van der Waals surface area contributed by atoms with Crippen LogP contribution in [0, 0.1) is 5.82 Å². The molecule has 3 aromatic carbocycles. The highest BCUT2D eigenvalue weighted by Crippen LogP contribution is 2.41. The summed E-state index contributed by atoms with van der Waals surface area (Å²) in [5, 5.41) is 18.0. The monoisotopic (exact) mass is 656 g/mol. The van der Waals surface area contributed by atoms with E-state index in [1.807, 2.05) is 6.07 Å². The molecule has 0 radical (unpaired) electrons. The van der Waals surface area contributed by atoms with E-state index in [1.54, 1.807) is 72.8 Å². The molecule has 3 heterocycles. The van der Waals surface area contributed by atoms with Crippen LogP contribution in [0.4, 0.5) is 22.0 Å². The number of nitrogen functional groups attached to an aromatic ring is 1. The summed E-state index contributed by atoms with van der Waals surface area (Å²) >= 11 is 0. The molecule has 0 unspecified atom stereocenters. The van der Waals surface area contributed by atoms with Crippen LogP contribution in [0.3, 0.4) is 0 Å². The first-order valence-electron chi connectivity index (χ1n) is 14.4. The molecular weight excluding hydrogens is 627 g/mol. The number of pyridine rings is 1. The lowest BCUT2D eigenvalue weighted by molar-refractivity contribution is 0.282. The third-order valence-electron chi connectivity index (χ3n) is 7.49. The Morgan fingerprint density at radius 1 is 1.04 bits per heavy atom. The van der Waals surface area contributed by atoms with Crippen molar-refractivity contribution in [2.24, 2.45) is 7.05 Å². The predicted octanol–water partition coefficient (Wildman–Crippen LogP) is 4.34. The van der Waals surface area contributed by atoms with Crippen molar-refractivity contribution in [3.63, 3.8) is 0 Å². The number of aliphatic hydroxyl groups excluding tert-OH is 1. The Morgan fingerprint density at radius 3 is 2.45 bits per heavy atom. The Balaban J connectivity index is 0.000000332. The zero-order valence-corrected chi connectivity index (χ0v) is 25.8. The van der Waals surface area contributed by atoms with E-state index < -0.39 is 28.1 Å². The molecule has 3 aromatic heterocycles. The van der Waals surface area contributed by atoms with Crippen molar-refractivity contribution in [1.82, 2.24) is 29.3 Å². The lowest BCUT2D eigenvalue weighted by atomic mass is 10.0. The molecule has 6 aromatic rings. The summed E-state index contributed by atoms with van der Waals surface area (Å²) in [6, 6.07) is 17.6. The van der Waals surface area contributed by atoms with Crippen LogP contribution in [0.5, 0.6) is 0 Å². The van der Waals surface area contributed by atoms with E-state index in [9.17, 15) is 18.3 Å². The molecule has 0 atom stereocenters. The molecule has 7 rings (SSSR count). The minimum Gasteiger partial charge on any atom is -0.392 e. The van der Waals surface area contributed by atoms with Gasteiger partial charge in [0.15, 0.2) is 5.82 Å². The number of nitrogens with zero attached hydrogens (tertiary/aromatic N) is 6. The van der Waals surface area contributed by atoms with Gasteiger partial charge >= 0.3 is 0 Å². The van der Waals surface area contributed by atoms with Crippen molar-refractivity contribution in [3.05, 3.63) is 113 Å². The molecule has 13 nitrogen and oxygen atoms in total. The zero-order chi connectivity index (χ0) is 33.3. The van der Waals surface area contributed by atoms with Gasteiger partial charge in [0.25, 0.3) is 15.7 Å². The average molecular weight is 657 g/mol. The molecule has 0 aliphatic heterocycles. The Hall–Kier alpha value is -5.51. The maximum Gasteiger partial charge on any atom is 0.294 e. The second-order valence-electron chi connectivity index (χ2n) is 10.9.